The van der Waals surface area contributed by atoms with Crippen LogP contribution in [0.1, 0.15) is 15.4 Å². The van der Waals surface area contributed by atoms with Crippen molar-refractivity contribution in [2.75, 3.05) is 24.9 Å². The van der Waals surface area contributed by atoms with Gasteiger partial charge in [-0.2, -0.15) is 0 Å². The molecule has 0 atom stereocenters. The summed E-state index contributed by atoms with van der Waals surface area (Å²) < 4.78 is 10.6. The number of nitrogens with two attached hydrogens (primary N) is 1. The summed E-state index contributed by atoms with van der Waals surface area (Å²) in [7, 11) is 2.94. The molecule has 0 saturated heterocycles. The molecule has 0 unspecified atom stereocenters. The summed E-state index contributed by atoms with van der Waals surface area (Å²) in [6.07, 6.45) is -1.80. The molecule has 1 amide bonds. The van der Waals surface area contributed by atoms with Gasteiger partial charge in [-0.05, 0) is 18.2 Å². The number of para-hydroxylation sites is 1. The molecule has 0 fully saturated rings. The SMILES string of the molecule is COc1ccc(Nc2cc(Nc3cccc(-c4ncc(CN)s4)c3OC)c(C(=O)NC(O)(O)O)nn2)nn1. The number of aliphatic hydroxyl groups is 3. The number of methoxy groups -OCH3 is 2. The van der Waals surface area contributed by atoms with Gasteiger partial charge in [-0.15, -0.1) is 31.7 Å². The van der Waals surface area contributed by atoms with Crippen LogP contribution in [0, 0.1) is 0 Å². The lowest BCUT2D eigenvalue weighted by atomic mass is 10.1. The van der Waals surface area contributed by atoms with Crippen molar-refractivity contribution in [1.82, 2.24) is 30.7 Å². The molecule has 0 spiro atoms. The van der Waals surface area contributed by atoms with Gasteiger partial charge in [0, 0.05) is 29.8 Å². The van der Waals surface area contributed by atoms with E-state index in [0.29, 0.717) is 40.3 Å². The van der Waals surface area contributed by atoms with E-state index in [4.69, 9.17) is 15.2 Å². The van der Waals surface area contributed by atoms with E-state index in [9.17, 15) is 20.1 Å². The Morgan fingerprint density at radius 1 is 1.00 bits per heavy atom. The molecule has 0 aliphatic carbocycles. The van der Waals surface area contributed by atoms with Crippen molar-refractivity contribution in [2.24, 2.45) is 5.73 Å². The second-order valence-corrected chi connectivity index (χ2v) is 8.63. The fourth-order valence-corrected chi connectivity index (χ4v) is 4.06. The molecule has 0 radical (unpaired) electrons. The Kier molecular flexibility index (Phi) is 7.89. The molecule has 0 aliphatic heterocycles. The first-order valence-corrected chi connectivity index (χ1v) is 11.6. The van der Waals surface area contributed by atoms with Gasteiger partial charge in [0.25, 0.3) is 5.91 Å². The predicted octanol–water partition coefficient (Wildman–Crippen LogP) is 0.671. The van der Waals surface area contributed by atoms with Crippen LogP contribution in [-0.2, 0) is 6.54 Å². The Bertz CT molecular complexity index is 1430. The van der Waals surface area contributed by atoms with Gasteiger partial charge in [-0.25, -0.2) is 4.98 Å². The van der Waals surface area contributed by atoms with Gasteiger partial charge in [-0.3, -0.25) is 10.1 Å². The van der Waals surface area contributed by atoms with Gasteiger partial charge in [0.1, 0.15) is 5.01 Å². The van der Waals surface area contributed by atoms with Crippen molar-refractivity contribution < 1.29 is 29.6 Å². The van der Waals surface area contributed by atoms with Gasteiger partial charge in [0.05, 0.1) is 31.2 Å². The zero-order valence-corrected chi connectivity index (χ0v) is 20.9. The molecule has 3 heterocycles. The molecule has 0 bridgehead atoms. The normalized spacial score (nSPS) is 11.1. The molecule has 38 heavy (non-hydrogen) atoms. The first kappa shape index (κ1) is 26.6. The van der Waals surface area contributed by atoms with E-state index in [1.165, 1.54) is 31.6 Å². The molecule has 198 valence electrons. The monoisotopic (exact) mass is 541 g/mol. The van der Waals surface area contributed by atoms with E-state index >= 15 is 0 Å². The van der Waals surface area contributed by atoms with Crippen LogP contribution in [0.4, 0.5) is 23.0 Å². The Labute approximate surface area is 219 Å². The van der Waals surface area contributed by atoms with Crippen molar-refractivity contribution in [3.63, 3.8) is 0 Å². The summed E-state index contributed by atoms with van der Waals surface area (Å²) in [5.74, 6) is 0.0509. The van der Waals surface area contributed by atoms with Crippen molar-refractivity contribution in [3.05, 3.63) is 53.2 Å². The van der Waals surface area contributed by atoms with Gasteiger partial charge in [-0.1, -0.05) is 6.07 Å². The smallest absolute Gasteiger partial charge is 0.369 e. The Balaban J connectivity index is 1.73. The van der Waals surface area contributed by atoms with E-state index in [0.717, 1.165) is 4.88 Å². The number of hydrogen-bond acceptors (Lipinski definition) is 15. The summed E-state index contributed by atoms with van der Waals surface area (Å²) >= 11 is 1.41. The van der Waals surface area contributed by atoms with Gasteiger partial charge in [0.2, 0.25) is 5.88 Å². The van der Waals surface area contributed by atoms with Crippen LogP contribution in [0.3, 0.4) is 0 Å². The number of carbonyl (C=O) groups excluding carboxylic acids is 1. The Morgan fingerprint density at radius 3 is 2.42 bits per heavy atom. The highest BCUT2D eigenvalue weighted by Crippen LogP contribution is 2.40. The van der Waals surface area contributed by atoms with Crippen LogP contribution >= 0.6 is 11.3 Å². The highest BCUT2D eigenvalue weighted by Gasteiger charge is 2.26. The number of nitrogens with one attached hydrogen (secondary N) is 3. The zero-order chi connectivity index (χ0) is 27.3. The maximum atomic E-state index is 12.6. The van der Waals surface area contributed by atoms with Gasteiger partial charge >= 0.3 is 6.10 Å². The van der Waals surface area contributed by atoms with Crippen LogP contribution < -0.4 is 31.2 Å². The number of thiazole rings is 1. The van der Waals surface area contributed by atoms with E-state index in [1.807, 2.05) is 6.07 Å². The first-order valence-electron chi connectivity index (χ1n) is 10.8. The van der Waals surface area contributed by atoms with Crippen molar-refractivity contribution in [1.29, 1.82) is 0 Å². The molecule has 3 aromatic heterocycles. The molecule has 4 rings (SSSR count). The summed E-state index contributed by atoms with van der Waals surface area (Å²) in [4.78, 5) is 17.9. The fourth-order valence-electron chi connectivity index (χ4n) is 3.25. The lowest BCUT2D eigenvalue weighted by Crippen LogP contribution is -2.48. The third-order valence-corrected chi connectivity index (χ3v) is 5.92. The number of amides is 1. The zero-order valence-electron chi connectivity index (χ0n) is 20.0. The predicted molar refractivity (Wildman–Crippen MR) is 136 cm³/mol. The van der Waals surface area contributed by atoms with Crippen molar-refractivity contribution in [2.45, 2.75) is 12.6 Å². The van der Waals surface area contributed by atoms with Crippen LogP contribution in [-0.4, -0.2) is 66.9 Å². The van der Waals surface area contributed by atoms with Crippen molar-refractivity contribution in [3.8, 4) is 22.2 Å². The van der Waals surface area contributed by atoms with E-state index in [2.05, 4.69) is 36.0 Å². The summed E-state index contributed by atoms with van der Waals surface area (Å²) in [5.41, 5.74) is 6.51. The number of anilines is 4. The second kappa shape index (κ2) is 11.3. The maximum absolute atomic E-state index is 12.6. The van der Waals surface area contributed by atoms with Gasteiger partial charge < -0.3 is 41.2 Å². The van der Waals surface area contributed by atoms with Crippen molar-refractivity contribution >= 4 is 40.3 Å². The quantitative estimate of drug-likeness (QED) is 0.137. The van der Waals surface area contributed by atoms with Gasteiger partial charge in [0.15, 0.2) is 23.1 Å². The van der Waals surface area contributed by atoms with Crippen LogP contribution in [0.15, 0.2) is 42.6 Å². The maximum Gasteiger partial charge on any atom is 0.369 e. The first-order chi connectivity index (χ1) is 18.2. The minimum absolute atomic E-state index is 0.0722. The number of hydrogen-bond donors (Lipinski definition) is 7. The third-order valence-electron chi connectivity index (χ3n) is 4.87. The molecule has 0 aliphatic rings. The lowest BCUT2D eigenvalue weighted by molar-refractivity contribution is -0.323. The Morgan fingerprint density at radius 2 is 1.79 bits per heavy atom. The number of rotatable bonds is 10. The number of nitrogens with zero attached hydrogens (tertiary/aromatic N) is 5. The largest absolute Gasteiger partial charge is 0.494 e. The molecule has 1 aromatic carbocycles. The minimum Gasteiger partial charge on any atom is -0.494 e. The molecule has 16 heteroatoms. The second-order valence-electron chi connectivity index (χ2n) is 7.51. The van der Waals surface area contributed by atoms with Crippen LogP contribution in [0.25, 0.3) is 10.6 Å². The van der Waals surface area contributed by atoms with E-state index in [1.54, 1.807) is 35.8 Å². The highest BCUT2D eigenvalue weighted by molar-refractivity contribution is 7.15. The molecular weight excluding hydrogens is 518 g/mol. The Hall–Kier alpha value is -4.48. The highest BCUT2D eigenvalue weighted by atomic mass is 32.1. The molecule has 8 N–H and O–H groups in total. The number of ether oxygens (including phenoxy) is 2. The third kappa shape index (κ3) is 6.25. The number of benzene rings is 1. The standard InChI is InChI=1S/C22H23N9O6S/c1-36-17-7-6-15(28-30-17)26-16-8-14(18(31-29-16)20(32)27-22(33,34)35)25-13-5-3-4-12(19(13)37-2)21-24-10-11(9-23)38-21/h3-8,10,33-35H,9,23H2,1-2H3,(H,27,32)(H2,25,26,28,29). The van der Waals surface area contributed by atoms with E-state index in [-0.39, 0.29) is 17.2 Å². The van der Waals surface area contributed by atoms with Crippen LogP contribution in [0.5, 0.6) is 11.6 Å². The molecular formula is C22H23N9O6S. The number of aromatic nitrogens is 5. The number of carbonyl (C=O) groups is 1. The van der Waals surface area contributed by atoms with E-state index < -0.39 is 12.0 Å². The molecule has 15 nitrogen and oxygen atoms in total. The summed E-state index contributed by atoms with van der Waals surface area (Å²) in [6.45, 7) is 0.343. The lowest BCUT2D eigenvalue weighted by Gasteiger charge is -2.18. The molecule has 0 saturated carbocycles. The van der Waals surface area contributed by atoms with Crippen LogP contribution in [0.2, 0.25) is 0 Å². The average molecular weight is 542 g/mol. The average Bonchev–Trinajstić information content (AvgIpc) is 3.37. The summed E-state index contributed by atoms with van der Waals surface area (Å²) in [6, 6.07) is 9.86. The summed E-state index contributed by atoms with van der Waals surface area (Å²) in [5, 5.41) is 51.5. The molecule has 4 aromatic rings. The topological polar surface area (TPSA) is 223 Å². The minimum atomic E-state index is -3.48. The fraction of sp³-hybridized carbons (Fsp3) is 0.182.